The van der Waals surface area contributed by atoms with Gasteiger partial charge in [-0.25, -0.2) is 17.6 Å². The normalized spacial score (nSPS) is 11.5. The number of alkyl halides is 3. The van der Waals surface area contributed by atoms with E-state index in [4.69, 9.17) is 5.26 Å². The maximum Gasteiger partial charge on any atom is 0.419 e. The number of benzene rings is 2. The van der Waals surface area contributed by atoms with Crippen LogP contribution in [0.5, 0.6) is 0 Å². The highest BCUT2D eigenvalue weighted by molar-refractivity contribution is 9.11. The van der Waals surface area contributed by atoms with Crippen molar-refractivity contribution in [3.8, 4) is 17.2 Å². The van der Waals surface area contributed by atoms with E-state index in [1.165, 1.54) is 6.07 Å². The van der Waals surface area contributed by atoms with Gasteiger partial charge in [-0.3, -0.25) is 0 Å². The summed E-state index contributed by atoms with van der Waals surface area (Å²) < 4.78 is 92.9. The third kappa shape index (κ3) is 3.02. The van der Waals surface area contributed by atoms with Crippen molar-refractivity contribution in [2.24, 2.45) is 0 Å². The molecule has 0 unspecified atom stereocenters. The van der Waals surface area contributed by atoms with E-state index in [0.29, 0.717) is 12.1 Å². The second-order valence-electron chi connectivity index (χ2n) is 4.42. The summed E-state index contributed by atoms with van der Waals surface area (Å²) in [4.78, 5) is 0. The quantitative estimate of drug-likeness (QED) is 0.349. The first-order valence-electron chi connectivity index (χ1n) is 5.83. The minimum atomic E-state index is -5.36. The summed E-state index contributed by atoms with van der Waals surface area (Å²) in [6.07, 6.45) is -5.36. The predicted octanol–water partition coefficient (Wildman–Crippen LogP) is 6.33. The lowest BCUT2D eigenvalue weighted by molar-refractivity contribution is -0.139. The van der Waals surface area contributed by atoms with Gasteiger partial charge in [0.05, 0.1) is 5.56 Å². The third-order valence-electron chi connectivity index (χ3n) is 2.99. The SMILES string of the molecule is N#Cc1c(F)c(F)cc(Br)c1-c1c(Br)cc(F)c(F)c1C(F)(F)F. The largest absolute Gasteiger partial charge is 0.419 e. The van der Waals surface area contributed by atoms with Gasteiger partial charge in [-0.1, -0.05) is 15.9 Å². The van der Waals surface area contributed by atoms with E-state index < -0.39 is 60.6 Å². The lowest BCUT2D eigenvalue weighted by atomic mass is 9.94. The predicted molar refractivity (Wildman–Crippen MR) is 76.8 cm³/mol. The van der Waals surface area contributed by atoms with Crippen LogP contribution in [-0.4, -0.2) is 0 Å². The summed E-state index contributed by atoms with van der Waals surface area (Å²) in [5, 5.41) is 8.98. The van der Waals surface area contributed by atoms with Gasteiger partial charge in [0.1, 0.15) is 11.6 Å². The van der Waals surface area contributed by atoms with Gasteiger partial charge < -0.3 is 0 Å². The van der Waals surface area contributed by atoms with Crippen LogP contribution in [0, 0.1) is 34.6 Å². The van der Waals surface area contributed by atoms with Gasteiger partial charge in [0.2, 0.25) is 0 Å². The maximum atomic E-state index is 13.8. The molecule has 0 bridgehead atoms. The van der Waals surface area contributed by atoms with Crippen LogP contribution in [0.25, 0.3) is 11.1 Å². The van der Waals surface area contributed by atoms with E-state index in [2.05, 4.69) is 31.9 Å². The molecule has 0 aromatic heterocycles. The standard InChI is InChI=1S/C14H2Br2F7N/c15-5-1-7(17)12(19)4(3-24)9(5)10-6(16)2-8(18)13(20)11(10)14(21,22)23/h1-2H. The molecular weight excluding hydrogens is 475 g/mol. The molecule has 126 valence electrons. The second kappa shape index (κ2) is 6.37. The third-order valence-corrected chi connectivity index (χ3v) is 4.24. The smallest absolute Gasteiger partial charge is 0.204 e. The van der Waals surface area contributed by atoms with E-state index >= 15 is 0 Å². The first kappa shape index (κ1) is 18.7. The number of hydrogen-bond acceptors (Lipinski definition) is 1. The Morgan fingerprint density at radius 1 is 0.833 bits per heavy atom. The summed E-state index contributed by atoms with van der Waals surface area (Å²) in [5.74, 6) is -7.22. The Kier molecular flexibility index (Phi) is 4.97. The molecule has 0 spiro atoms. The van der Waals surface area contributed by atoms with Crippen molar-refractivity contribution in [2.45, 2.75) is 6.18 Å². The molecule has 0 aliphatic carbocycles. The number of nitriles is 1. The van der Waals surface area contributed by atoms with Crippen LogP contribution in [0.15, 0.2) is 21.1 Å². The molecule has 2 rings (SSSR count). The average Bonchev–Trinajstić information content (AvgIpc) is 2.45. The molecule has 2 aromatic rings. The van der Waals surface area contributed by atoms with Crippen LogP contribution >= 0.6 is 31.9 Å². The lowest BCUT2D eigenvalue weighted by Gasteiger charge is -2.18. The fourth-order valence-corrected chi connectivity index (χ4v) is 3.25. The number of rotatable bonds is 1. The Morgan fingerprint density at radius 2 is 1.29 bits per heavy atom. The molecule has 24 heavy (non-hydrogen) atoms. The molecule has 0 saturated heterocycles. The Balaban J connectivity index is 3.08. The molecule has 0 N–H and O–H groups in total. The summed E-state index contributed by atoms with van der Waals surface area (Å²) in [7, 11) is 0. The Bertz CT molecular complexity index is 885. The first-order chi connectivity index (χ1) is 11.0. The second-order valence-corrected chi connectivity index (χ2v) is 6.13. The zero-order chi connectivity index (χ0) is 18.4. The highest BCUT2D eigenvalue weighted by atomic mass is 79.9. The molecule has 0 atom stereocenters. The zero-order valence-electron chi connectivity index (χ0n) is 11.0. The molecular formula is C14H2Br2F7N. The molecule has 0 amide bonds. The molecule has 1 nitrogen and oxygen atoms in total. The van der Waals surface area contributed by atoms with E-state index in [1.54, 1.807) is 0 Å². The highest BCUT2D eigenvalue weighted by Gasteiger charge is 2.41. The molecule has 0 saturated carbocycles. The van der Waals surface area contributed by atoms with Gasteiger partial charge in [0.25, 0.3) is 0 Å². The fraction of sp³-hybridized carbons (Fsp3) is 0.0714. The van der Waals surface area contributed by atoms with Crippen LogP contribution in [0.4, 0.5) is 30.7 Å². The van der Waals surface area contributed by atoms with Crippen molar-refractivity contribution < 1.29 is 30.7 Å². The van der Waals surface area contributed by atoms with Crippen molar-refractivity contribution in [3.05, 3.63) is 55.5 Å². The van der Waals surface area contributed by atoms with Gasteiger partial charge in [-0.2, -0.15) is 18.4 Å². The average molecular weight is 477 g/mol. The van der Waals surface area contributed by atoms with Crippen LogP contribution in [0.2, 0.25) is 0 Å². The molecule has 10 heteroatoms. The Morgan fingerprint density at radius 3 is 1.75 bits per heavy atom. The summed E-state index contributed by atoms with van der Waals surface area (Å²) in [5.41, 5.74) is -4.91. The van der Waals surface area contributed by atoms with Crippen molar-refractivity contribution in [2.75, 3.05) is 0 Å². The topological polar surface area (TPSA) is 23.8 Å². The Hall–Kier alpha value is -1.60. The van der Waals surface area contributed by atoms with Gasteiger partial charge in [-0.05, 0) is 28.1 Å². The van der Waals surface area contributed by atoms with Crippen molar-refractivity contribution in [3.63, 3.8) is 0 Å². The maximum absolute atomic E-state index is 13.8. The molecule has 0 fully saturated rings. The van der Waals surface area contributed by atoms with Gasteiger partial charge in [0.15, 0.2) is 23.3 Å². The van der Waals surface area contributed by atoms with Crippen LogP contribution in [0.1, 0.15) is 11.1 Å². The lowest BCUT2D eigenvalue weighted by Crippen LogP contribution is -2.13. The van der Waals surface area contributed by atoms with Crippen molar-refractivity contribution in [1.29, 1.82) is 5.26 Å². The minimum absolute atomic E-state index is 0.398. The van der Waals surface area contributed by atoms with E-state index in [9.17, 15) is 30.7 Å². The van der Waals surface area contributed by atoms with Crippen LogP contribution in [0.3, 0.4) is 0 Å². The zero-order valence-corrected chi connectivity index (χ0v) is 14.2. The van der Waals surface area contributed by atoms with Gasteiger partial charge >= 0.3 is 6.18 Å². The number of nitrogens with zero attached hydrogens (tertiary/aromatic N) is 1. The van der Waals surface area contributed by atoms with E-state index in [-0.39, 0.29) is 0 Å². The van der Waals surface area contributed by atoms with E-state index in [1.807, 2.05) is 0 Å². The molecule has 0 aliphatic heterocycles. The summed E-state index contributed by atoms with van der Waals surface area (Å²) >= 11 is 5.37. The molecule has 0 radical (unpaired) electrons. The molecule has 0 aliphatic rings. The van der Waals surface area contributed by atoms with Crippen molar-refractivity contribution >= 4 is 31.9 Å². The van der Waals surface area contributed by atoms with E-state index in [0.717, 1.165) is 0 Å². The fourth-order valence-electron chi connectivity index (χ4n) is 2.05. The number of hydrogen-bond donors (Lipinski definition) is 0. The van der Waals surface area contributed by atoms with Gasteiger partial charge in [-0.15, -0.1) is 0 Å². The molecule has 0 heterocycles. The van der Waals surface area contributed by atoms with Crippen LogP contribution < -0.4 is 0 Å². The first-order valence-corrected chi connectivity index (χ1v) is 7.42. The summed E-state index contributed by atoms with van der Waals surface area (Å²) in [6.45, 7) is 0. The minimum Gasteiger partial charge on any atom is -0.204 e. The monoisotopic (exact) mass is 475 g/mol. The highest BCUT2D eigenvalue weighted by Crippen LogP contribution is 2.47. The van der Waals surface area contributed by atoms with Crippen LogP contribution in [-0.2, 0) is 6.18 Å². The van der Waals surface area contributed by atoms with Gasteiger partial charge in [0, 0.05) is 20.1 Å². The summed E-state index contributed by atoms with van der Waals surface area (Å²) in [6, 6.07) is 2.12. The molecule has 2 aromatic carbocycles. The van der Waals surface area contributed by atoms with Crippen molar-refractivity contribution in [1.82, 2.24) is 0 Å². The Labute approximate surface area is 147 Å². The number of halogens is 9.